The number of hydrogen-bond donors (Lipinski definition) is 2. The van der Waals surface area contributed by atoms with Gasteiger partial charge in [-0.3, -0.25) is 4.79 Å². The zero-order valence-electron chi connectivity index (χ0n) is 7.47. The van der Waals surface area contributed by atoms with E-state index in [0.717, 1.165) is 0 Å². The molecule has 1 aliphatic rings. The fourth-order valence-electron chi connectivity index (χ4n) is 1.17. The summed E-state index contributed by atoms with van der Waals surface area (Å²) in [6, 6.07) is 0. The van der Waals surface area contributed by atoms with Crippen molar-refractivity contribution in [3.63, 3.8) is 0 Å². The molecule has 0 aromatic carbocycles. The van der Waals surface area contributed by atoms with Crippen LogP contribution in [0.25, 0.3) is 0 Å². The van der Waals surface area contributed by atoms with Gasteiger partial charge in [0.15, 0.2) is 0 Å². The summed E-state index contributed by atoms with van der Waals surface area (Å²) in [5.74, 6) is -0.371. The Balaban J connectivity index is 2.25. The van der Waals surface area contributed by atoms with Crippen LogP contribution < -0.4 is 0 Å². The summed E-state index contributed by atoms with van der Waals surface area (Å²) < 4.78 is 9.83. The molecule has 0 saturated carbocycles. The summed E-state index contributed by atoms with van der Waals surface area (Å²) in [6.45, 7) is 1.54. The standard InChI is InChI=1S/C8H14O5/c1-5(9)12-3-6-2-7(10)8(11)4-13-6/h6-8,10-11H,2-4H2,1H3/t6-,7-,8+/m0/s1. The van der Waals surface area contributed by atoms with Crippen molar-refractivity contribution in [3.8, 4) is 0 Å². The lowest BCUT2D eigenvalue weighted by Gasteiger charge is -2.29. The predicted molar refractivity (Wildman–Crippen MR) is 43.0 cm³/mol. The minimum Gasteiger partial charge on any atom is -0.463 e. The van der Waals surface area contributed by atoms with E-state index < -0.39 is 12.2 Å². The van der Waals surface area contributed by atoms with E-state index in [0.29, 0.717) is 6.42 Å². The van der Waals surface area contributed by atoms with Gasteiger partial charge in [-0.15, -0.1) is 0 Å². The van der Waals surface area contributed by atoms with Crippen LogP contribution >= 0.6 is 0 Å². The van der Waals surface area contributed by atoms with Crippen LogP contribution in [0.1, 0.15) is 13.3 Å². The van der Waals surface area contributed by atoms with Crippen LogP contribution in [-0.2, 0) is 14.3 Å². The maximum absolute atomic E-state index is 10.4. The summed E-state index contributed by atoms with van der Waals surface area (Å²) in [4.78, 5) is 10.4. The molecule has 0 amide bonds. The summed E-state index contributed by atoms with van der Waals surface area (Å²) in [5.41, 5.74) is 0. The van der Waals surface area contributed by atoms with Gasteiger partial charge in [0.2, 0.25) is 0 Å². The van der Waals surface area contributed by atoms with Crippen LogP contribution in [-0.4, -0.2) is 47.7 Å². The molecule has 1 saturated heterocycles. The molecule has 5 nitrogen and oxygen atoms in total. The van der Waals surface area contributed by atoms with Crippen molar-refractivity contribution < 1.29 is 24.5 Å². The molecule has 0 aromatic rings. The molecular weight excluding hydrogens is 176 g/mol. The first-order valence-corrected chi connectivity index (χ1v) is 4.20. The molecule has 1 aliphatic heterocycles. The van der Waals surface area contributed by atoms with E-state index in [-0.39, 0.29) is 25.3 Å². The topological polar surface area (TPSA) is 76.0 Å². The van der Waals surface area contributed by atoms with Crippen LogP contribution in [0.4, 0.5) is 0 Å². The van der Waals surface area contributed by atoms with Crippen molar-refractivity contribution in [2.75, 3.05) is 13.2 Å². The molecule has 0 unspecified atom stereocenters. The molecule has 76 valence electrons. The molecule has 0 aliphatic carbocycles. The second-order valence-electron chi connectivity index (χ2n) is 3.13. The van der Waals surface area contributed by atoms with Crippen molar-refractivity contribution in [3.05, 3.63) is 0 Å². The highest BCUT2D eigenvalue weighted by Crippen LogP contribution is 2.14. The predicted octanol–water partition coefficient (Wildman–Crippen LogP) is -0.940. The van der Waals surface area contributed by atoms with E-state index in [2.05, 4.69) is 0 Å². The molecule has 1 heterocycles. The molecule has 0 radical (unpaired) electrons. The summed E-state index contributed by atoms with van der Waals surface area (Å²) >= 11 is 0. The number of ether oxygens (including phenoxy) is 2. The number of carbonyl (C=O) groups is 1. The lowest BCUT2D eigenvalue weighted by atomic mass is 10.0. The molecule has 2 N–H and O–H groups in total. The van der Waals surface area contributed by atoms with Gasteiger partial charge >= 0.3 is 5.97 Å². The van der Waals surface area contributed by atoms with Gasteiger partial charge in [0.05, 0.1) is 18.8 Å². The highest BCUT2D eigenvalue weighted by atomic mass is 16.6. The first kappa shape index (κ1) is 10.4. The molecule has 13 heavy (non-hydrogen) atoms. The van der Waals surface area contributed by atoms with Crippen molar-refractivity contribution in [2.45, 2.75) is 31.7 Å². The molecule has 3 atom stereocenters. The van der Waals surface area contributed by atoms with Crippen molar-refractivity contribution >= 4 is 5.97 Å². The average molecular weight is 190 g/mol. The van der Waals surface area contributed by atoms with Crippen LogP contribution in [0, 0.1) is 0 Å². The van der Waals surface area contributed by atoms with Crippen LogP contribution in [0.15, 0.2) is 0 Å². The van der Waals surface area contributed by atoms with Gasteiger partial charge in [0, 0.05) is 13.3 Å². The monoisotopic (exact) mass is 190 g/mol. The van der Waals surface area contributed by atoms with Crippen LogP contribution in [0.5, 0.6) is 0 Å². The van der Waals surface area contributed by atoms with E-state index in [4.69, 9.17) is 14.6 Å². The van der Waals surface area contributed by atoms with E-state index in [1.807, 2.05) is 0 Å². The number of aliphatic hydroxyl groups excluding tert-OH is 2. The number of hydrogen-bond acceptors (Lipinski definition) is 5. The third kappa shape index (κ3) is 3.30. The Bertz CT molecular complexity index is 181. The third-order valence-corrected chi connectivity index (χ3v) is 1.92. The highest BCUT2D eigenvalue weighted by Gasteiger charge is 2.28. The summed E-state index contributed by atoms with van der Waals surface area (Å²) in [5, 5.41) is 18.3. The van der Waals surface area contributed by atoms with Crippen LogP contribution in [0.2, 0.25) is 0 Å². The summed E-state index contributed by atoms with van der Waals surface area (Å²) in [6.07, 6.45) is -1.61. The minimum absolute atomic E-state index is 0.0904. The van der Waals surface area contributed by atoms with Gasteiger partial charge in [-0.1, -0.05) is 0 Å². The van der Waals surface area contributed by atoms with Gasteiger partial charge in [-0.05, 0) is 0 Å². The fraction of sp³-hybridized carbons (Fsp3) is 0.875. The summed E-state index contributed by atoms with van der Waals surface area (Å²) in [7, 11) is 0. The first-order valence-electron chi connectivity index (χ1n) is 4.20. The highest BCUT2D eigenvalue weighted by molar-refractivity contribution is 5.65. The SMILES string of the molecule is CC(=O)OC[C@@H]1C[C@H](O)[C@H](O)CO1. The second kappa shape index (κ2) is 4.55. The van der Waals surface area contributed by atoms with Gasteiger partial charge in [0.1, 0.15) is 12.7 Å². The van der Waals surface area contributed by atoms with Gasteiger partial charge < -0.3 is 19.7 Å². The Kier molecular flexibility index (Phi) is 3.65. The minimum atomic E-state index is -0.825. The molecular formula is C8H14O5. The Labute approximate surface area is 76.3 Å². The molecule has 0 bridgehead atoms. The average Bonchev–Trinajstić information content (AvgIpc) is 2.07. The molecule has 5 heteroatoms. The smallest absolute Gasteiger partial charge is 0.302 e. The Morgan fingerprint density at radius 3 is 2.77 bits per heavy atom. The van der Waals surface area contributed by atoms with E-state index in [9.17, 15) is 9.90 Å². The first-order chi connectivity index (χ1) is 6.09. The largest absolute Gasteiger partial charge is 0.463 e. The zero-order valence-corrected chi connectivity index (χ0v) is 7.47. The maximum Gasteiger partial charge on any atom is 0.302 e. The molecule has 1 rings (SSSR count). The quantitative estimate of drug-likeness (QED) is 0.550. The maximum atomic E-state index is 10.4. The van der Waals surface area contributed by atoms with E-state index in [1.54, 1.807) is 0 Å². The fourth-order valence-corrected chi connectivity index (χ4v) is 1.17. The van der Waals surface area contributed by atoms with Crippen molar-refractivity contribution in [2.24, 2.45) is 0 Å². The van der Waals surface area contributed by atoms with Crippen molar-refractivity contribution in [1.82, 2.24) is 0 Å². The van der Waals surface area contributed by atoms with Gasteiger partial charge in [-0.25, -0.2) is 0 Å². The van der Waals surface area contributed by atoms with Gasteiger partial charge in [0.25, 0.3) is 0 Å². The molecule has 0 spiro atoms. The Hall–Kier alpha value is -0.650. The lowest BCUT2D eigenvalue weighted by Crippen LogP contribution is -2.42. The molecule has 0 aromatic heterocycles. The van der Waals surface area contributed by atoms with Crippen molar-refractivity contribution in [1.29, 1.82) is 0 Å². The number of esters is 1. The zero-order chi connectivity index (χ0) is 9.84. The van der Waals surface area contributed by atoms with Crippen LogP contribution in [0.3, 0.4) is 0 Å². The Morgan fingerprint density at radius 2 is 2.23 bits per heavy atom. The van der Waals surface area contributed by atoms with E-state index in [1.165, 1.54) is 6.92 Å². The Morgan fingerprint density at radius 1 is 1.54 bits per heavy atom. The lowest BCUT2D eigenvalue weighted by molar-refractivity contribution is -0.158. The second-order valence-corrected chi connectivity index (χ2v) is 3.13. The number of aliphatic hydroxyl groups is 2. The van der Waals surface area contributed by atoms with Gasteiger partial charge in [-0.2, -0.15) is 0 Å². The van der Waals surface area contributed by atoms with E-state index >= 15 is 0 Å². The number of rotatable bonds is 2. The number of carbonyl (C=O) groups excluding carboxylic acids is 1. The molecule has 1 fully saturated rings. The third-order valence-electron chi connectivity index (χ3n) is 1.92. The normalized spacial score (nSPS) is 34.2.